The van der Waals surface area contributed by atoms with Gasteiger partial charge in [0.15, 0.2) is 0 Å². The second kappa shape index (κ2) is 4.93. The number of non-ortho nitro benzene ring substituents is 1. The summed E-state index contributed by atoms with van der Waals surface area (Å²) in [4.78, 5) is 10.3. The molecule has 3 nitrogen and oxygen atoms in total. The molecule has 2 atom stereocenters. The zero-order valence-corrected chi connectivity index (χ0v) is 11.2. The van der Waals surface area contributed by atoms with E-state index in [-0.39, 0.29) is 10.6 Å². The van der Waals surface area contributed by atoms with Gasteiger partial charge in [0.1, 0.15) is 0 Å². The fourth-order valence-electron chi connectivity index (χ4n) is 2.82. The standard InChI is InChI=1S/C17H15NO2/c1-12(13-6-9-15(10-7-13)18(19)20)16-11-8-14-4-2-3-5-17(14)16/h2-12,16H,1H3. The molecule has 0 saturated carbocycles. The van der Waals surface area contributed by atoms with E-state index in [0.29, 0.717) is 11.8 Å². The number of hydrogen-bond acceptors (Lipinski definition) is 2. The summed E-state index contributed by atoms with van der Waals surface area (Å²) in [6, 6.07) is 15.3. The molecular formula is C17H15NO2. The lowest BCUT2D eigenvalue weighted by Gasteiger charge is -2.20. The summed E-state index contributed by atoms with van der Waals surface area (Å²) in [5.74, 6) is 0.642. The second-order valence-corrected chi connectivity index (χ2v) is 5.15. The molecule has 0 bridgehead atoms. The van der Waals surface area contributed by atoms with E-state index >= 15 is 0 Å². The number of allylic oxidation sites excluding steroid dienone is 1. The smallest absolute Gasteiger partial charge is 0.258 e. The van der Waals surface area contributed by atoms with Gasteiger partial charge in [-0.05, 0) is 22.6 Å². The molecule has 1 aliphatic rings. The van der Waals surface area contributed by atoms with E-state index in [4.69, 9.17) is 0 Å². The largest absolute Gasteiger partial charge is 0.269 e. The van der Waals surface area contributed by atoms with Crippen LogP contribution in [0, 0.1) is 10.1 Å². The predicted molar refractivity (Wildman–Crippen MR) is 79.7 cm³/mol. The van der Waals surface area contributed by atoms with Crippen molar-refractivity contribution in [1.82, 2.24) is 0 Å². The summed E-state index contributed by atoms with van der Waals surface area (Å²) in [6.45, 7) is 2.16. The number of fused-ring (bicyclic) bond motifs is 1. The second-order valence-electron chi connectivity index (χ2n) is 5.15. The Kier molecular flexibility index (Phi) is 3.11. The first-order valence-electron chi connectivity index (χ1n) is 6.68. The maximum Gasteiger partial charge on any atom is 0.269 e. The molecule has 2 aromatic carbocycles. The van der Waals surface area contributed by atoms with Crippen LogP contribution in [0.2, 0.25) is 0 Å². The van der Waals surface area contributed by atoms with Crippen molar-refractivity contribution in [3.05, 3.63) is 81.4 Å². The summed E-state index contributed by atoms with van der Waals surface area (Å²) in [5.41, 5.74) is 3.87. The Morgan fingerprint density at radius 3 is 2.50 bits per heavy atom. The van der Waals surface area contributed by atoms with E-state index in [2.05, 4.69) is 37.3 Å². The van der Waals surface area contributed by atoms with E-state index in [0.717, 1.165) is 5.56 Å². The molecule has 3 rings (SSSR count). The highest BCUT2D eigenvalue weighted by Gasteiger charge is 2.24. The molecule has 0 amide bonds. The van der Waals surface area contributed by atoms with E-state index in [1.807, 2.05) is 18.2 Å². The van der Waals surface area contributed by atoms with Crippen LogP contribution in [0.25, 0.3) is 6.08 Å². The van der Waals surface area contributed by atoms with E-state index in [1.54, 1.807) is 12.1 Å². The Labute approximate surface area is 117 Å². The maximum absolute atomic E-state index is 10.7. The summed E-state index contributed by atoms with van der Waals surface area (Å²) >= 11 is 0. The van der Waals surface area contributed by atoms with Crippen molar-refractivity contribution in [1.29, 1.82) is 0 Å². The van der Waals surface area contributed by atoms with Crippen molar-refractivity contribution in [2.24, 2.45) is 0 Å². The SMILES string of the molecule is CC(c1ccc([N+](=O)[O-])cc1)C1C=Cc2ccccc21. The summed E-state index contributed by atoms with van der Waals surface area (Å²) in [7, 11) is 0. The van der Waals surface area contributed by atoms with Gasteiger partial charge < -0.3 is 0 Å². The predicted octanol–water partition coefficient (Wildman–Crippen LogP) is 4.51. The van der Waals surface area contributed by atoms with E-state index < -0.39 is 0 Å². The van der Waals surface area contributed by atoms with Crippen LogP contribution in [-0.4, -0.2) is 4.92 Å². The first kappa shape index (κ1) is 12.6. The third-order valence-corrected chi connectivity index (χ3v) is 4.01. The highest BCUT2D eigenvalue weighted by Crippen LogP contribution is 2.40. The van der Waals surface area contributed by atoms with Gasteiger partial charge in [-0.15, -0.1) is 0 Å². The summed E-state index contributed by atoms with van der Waals surface area (Å²) < 4.78 is 0. The van der Waals surface area contributed by atoms with Crippen LogP contribution in [-0.2, 0) is 0 Å². The minimum Gasteiger partial charge on any atom is -0.258 e. The molecule has 0 spiro atoms. The molecule has 0 N–H and O–H groups in total. The monoisotopic (exact) mass is 265 g/mol. The lowest BCUT2D eigenvalue weighted by molar-refractivity contribution is -0.384. The molecule has 0 fully saturated rings. The van der Waals surface area contributed by atoms with Gasteiger partial charge in [-0.2, -0.15) is 0 Å². The zero-order valence-electron chi connectivity index (χ0n) is 11.2. The van der Waals surface area contributed by atoms with Crippen LogP contribution in [0.15, 0.2) is 54.6 Å². The Morgan fingerprint density at radius 1 is 1.10 bits per heavy atom. The fourth-order valence-corrected chi connectivity index (χ4v) is 2.82. The molecule has 1 aliphatic carbocycles. The molecule has 20 heavy (non-hydrogen) atoms. The van der Waals surface area contributed by atoms with Crippen molar-refractivity contribution >= 4 is 11.8 Å². The minimum atomic E-state index is -0.362. The van der Waals surface area contributed by atoms with Gasteiger partial charge in [0.2, 0.25) is 0 Å². The molecule has 0 heterocycles. The number of nitro groups is 1. The first-order chi connectivity index (χ1) is 9.66. The highest BCUT2D eigenvalue weighted by molar-refractivity contribution is 5.63. The van der Waals surface area contributed by atoms with E-state index in [9.17, 15) is 10.1 Å². The topological polar surface area (TPSA) is 43.1 Å². The number of nitrogens with zero attached hydrogens (tertiary/aromatic N) is 1. The van der Waals surface area contributed by atoms with Crippen LogP contribution >= 0.6 is 0 Å². The Bertz CT molecular complexity index is 674. The van der Waals surface area contributed by atoms with Crippen LogP contribution < -0.4 is 0 Å². The van der Waals surface area contributed by atoms with Crippen molar-refractivity contribution in [3.63, 3.8) is 0 Å². The van der Waals surface area contributed by atoms with Crippen molar-refractivity contribution < 1.29 is 4.92 Å². The highest BCUT2D eigenvalue weighted by atomic mass is 16.6. The van der Waals surface area contributed by atoms with Gasteiger partial charge in [-0.1, -0.05) is 55.5 Å². The Hall–Kier alpha value is -2.42. The first-order valence-corrected chi connectivity index (χ1v) is 6.68. The normalized spacial score (nSPS) is 17.8. The molecular weight excluding hydrogens is 250 g/mol. The van der Waals surface area contributed by atoms with Crippen LogP contribution in [0.4, 0.5) is 5.69 Å². The van der Waals surface area contributed by atoms with Gasteiger partial charge in [-0.3, -0.25) is 10.1 Å². The molecule has 100 valence electrons. The Morgan fingerprint density at radius 2 is 1.80 bits per heavy atom. The van der Waals surface area contributed by atoms with E-state index in [1.165, 1.54) is 11.1 Å². The van der Waals surface area contributed by atoms with Gasteiger partial charge in [0, 0.05) is 18.1 Å². The van der Waals surface area contributed by atoms with Crippen LogP contribution in [0.3, 0.4) is 0 Å². The molecule has 2 unspecified atom stereocenters. The number of benzene rings is 2. The third kappa shape index (κ3) is 2.11. The molecule has 0 saturated heterocycles. The van der Waals surface area contributed by atoms with Crippen molar-refractivity contribution in [2.45, 2.75) is 18.8 Å². The van der Waals surface area contributed by atoms with Crippen LogP contribution in [0.5, 0.6) is 0 Å². The molecule has 0 radical (unpaired) electrons. The lowest BCUT2D eigenvalue weighted by atomic mass is 9.84. The molecule has 2 aromatic rings. The van der Waals surface area contributed by atoms with Gasteiger partial charge in [-0.25, -0.2) is 0 Å². The van der Waals surface area contributed by atoms with Crippen molar-refractivity contribution in [2.75, 3.05) is 0 Å². The van der Waals surface area contributed by atoms with Gasteiger partial charge in [0.25, 0.3) is 5.69 Å². The number of rotatable bonds is 3. The average Bonchev–Trinajstić information content (AvgIpc) is 2.90. The zero-order chi connectivity index (χ0) is 14.1. The minimum absolute atomic E-state index is 0.142. The molecule has 0 aliphatic heterocycles. The number of nitro benzene ring substituents is 1. The molecule has 3 heteroatoms. The maximum atomic E-state index is 10.7. The quantitative estimate of drug-likeness (QED) is 0.605. The van der Waals surface area contributed by atoms with Crippen LogP contribution in [0.1, 0.15) is 35.4 Å². The van der Waals surface area contributed by atoms with Gasteiger partial charge >= 0.3 is 0 Å². The Balaban J connectivity index is 1.89. The summed E-state index contributed by atoms with van der Waals surface area (Å²) in [5, 5.41) is 10.7. The summed E-state index contributed by atoms with van der Waals surface area (Å²) in [6.07, 6.45) is 4.37. The number of hydrogen-bond donors (Lipinski definition) is 0. The van der Waals surface area contributed by atoms with Gasteiger partial charge in [0.05, 0.1) is 4.92 Å². The fraction of sp³-hybridized carbons (Fsp3) is 0.176. The molecule has 0 aromatic heterocycles. The average molecular weight is 265 g/mol. The third-order valence-electron chi connectivity index (χ3n) is 4.01. The lowest BCUT2D eigenvalue weighted by Crippen LogP contribution is -2.04. The van der Waals surface area contributed by atoms with Crippen molar-refractivity contribution in [3.8, 4) is 0 Å².